The zero-order valence-corrected chi connectivity index (χ0v) is 11.9. The van der Waals surface area contributed by atoms with E-state index in [1.54, 1.807) is 4.31 Å². The second-order valence-corrected chi connectivity index (χ2v) is 8.10. The van der Waals surface area contributed by atoms with Gasteiger partial charge in [0.15, 0.2) is 0 Å². The van der Waals surface area contributed by atoms with E-state index in [9.17, 15) is 8.42 Å². The maximum absolute atomic E-state index is 12.0. The van der Waals surface area contributed by atoms with Crippen LogP contribution in [0.2, 0.25) is 0 Å². The Morgan fingerprint density at radius 2 is 2.19 bits per heavy atom. The lowest BCUT2D eigenvalue weighted by Gasteiger charge is -2.29. The standard InChI is InChI=1S/C10H22N2O2S2/c1-9(2)11-4-7-16(13,14)12-5-6-15-10(3)8-12/h9-11H,4-8H2,1-3H3. The molecule has 0 aromatic heterocycles. The first-order chi connectivity index (χ1) is 7.42. The summed E-state index contributed by atoms with van der Waals surface area (Å²) < 4.78 is 25.6. The minimum Gasteiger partial charge on any atom is -0.313 e. The van der Waals surface area contributed by atoms with Crippen molar-refractivity contribution in [3.05, 3.63) is 0 Å². The average molecular weight is 266 g/mol. The molecule has 1 aliphatic heterocycles. The first-order valence-electron chi connectivity index (χ1n) is 5.74. The Bertz CT molecular complexity index is 304. The van der Waals surface area contributed by atoms with Crippen LogP contribution in [-0.2, 0) is 10.0 Å². The molecule has 0 aliphatic carbocycles. The van der Waals surface area contributed by atoms with Gasteiger partial charge in [-0.2, -0.15) is 16.1 Å². The number of rotatable bonds is 5. The quantitative estimate of drug-likeness (QED) is 0.798. The molecule has 1 aliphatic rings. The number of sulfonamides is 1. The van der Waals surface area contributed by atoms with Gasteiger partial charge in [0.2, 0.25) is 10.0 Å². The molecule has 0 saturated carbocycles. The van der Waals surface area contributed by atoms with Crippen LogP contribution in [0.3, 0.4) is 0 Å². The molecule has 96 valence electrons. The monoisotopic (exact) mass is 266 g/mol. The van der Waals surface area contributed by atoms with Crippen molar-refractivity contribution in [3.63, 3.8) is 0 Å². The van der Waals surface area contributed by atoms with Gasteiger partial charge >= 0.3 is 0 Å². The van der Waals surface area contributed by atoms with Crippen molar-refractivity contribution in [1.29, 1.82) is 0 Å². The van der Waals surface area contributed by atoms with Crippen LogP contribution in [0.5, 0.6) is 0 Å². The third kappa shape index (κ3) is 4.61. The van der Waals surface area contributed by atoms with Gasteiger partial charge in [-0.05, 0) is 0 Å². The fraction of sp³-hybridized carbons (Fsp3) is 1.00. The van der Waals surface area contributed by atoms with Crippen LogP contribution in [0, 0.1) is 0 Å². The van der Waals surface area contributed by atoms with Crippen LogP contribution >= 0.6 is 11.8 Å². The molecule has 4 nitrogen and oxygen atoms in total. The summed E-state index contributed by atoms with van der Waals surface area (Å²) in [6, 6.07) is 0.339. The minimum absolute atomic E-state index is 0.211. The van der Waals surface area contributed by atoms with Gasteiger partial charge in [-0.1, -0.05) is 20.8 Å². The molecule has 1 fully saturated rings. The highest BCUT2D eigenvalue weighted by Gasteiger charge is 2.26. The maximum Gasteiger partial charge on any atom is 0.215 e. The fourth-order valence-corrected chi connectivity index (χ4v) is 4.32. The molecule has 0 bridgehead atoms. The van der Waals surface area contributed by atoms with E-state index in [0.29, 0.717) is 30.9 Å². The molecule has 0 aromatic carbocycles. The predicted octanol–water partition coefficient (Wildman–Crippen LogP) is 0.751. The lowest BCUT2D eigenvalue weighted by atomic mass is 10.4. The second kappa shape index (κ2) is 6.23. The molecular formula is C10H22N2O2S2. The molecule has 0 radical (unpaired) electrons. The number of hydrogen-bond donors (Lipinski definition) is 1. The molecule has 1 atom stereocenters. The van der Waals surface area contributed by atoms with Gasteiger partial charge in [0, 0.05) is 36.7 Å². The normalized spacial score (nSPS) is 23.9. The van der Waals surface area contributed by atoms with Crippen molar-refractivity contribution < 1.29 is 8.42 Å². The van der Waals surface area contributed by atoms with Gasteiger partial charge in [-0.3, -0.25) is 0 Å². The van der Waals surface area contributed by atoms with Crippen LogP contribution in [0.25, 0.3) is 0 Å². The van der Waals surface area contributed by atoms with E-state index in [-0.39, 0.29) is 5.75 Å². The summed E-state index contributed by atoms with van der Waals surface area (Å²) in [5.74, 6) is 1.13. The Morgan fingerprint density at radius 1 is 1.50 bits per heavy atom. The largest absolute Gasteiger partial charge is 0.313 e. The SMILES string of the molecule is CC(C)NCCS(=O)(=O)N1CCSC(C)C1. The lowest BCUT2D eigenvalue weighted by Crippen LogP contribution is -2.44. The molecule has 0 aromatic rings. The van der Waals surface area contributed by atoms with Crippen LogP contribution < -0.4 is 5.32 Å². The number of thioether (sulfide) groups is 1. The highest BCUT2D eigenvalue weighted by molar-refractivity contribution is 8.00. The Kier molecular flexibility index (Phi) is 5.56. The second-order valence-electron chi connectivity index (χ2n) is 4.46. The van der Waals surface area contributed by atoms with Crippen molar-refractivity contribution in [2.24, 2.45) is 0 Å². The van der Waals surface area contributed by atoms with E-state index in [1.165, 1.54) is 0 Å². The molecule has 6 heteroatoms. The van der Waals surface area contributed by atoms with E-state index in [2.05, 4.69) is 12.2 Å². The highest BCUT2D eigenvalue weighted by atomic mass is 32.2. The fourth-order valence-electron chi connectivity index (χ4n) is 1.64. The molecule has 0 amide bonds. The zero-order valence-electron chi connectivity index (χ0n) is 10.3. The van der Waals surface area contributed by atoms with Gasteiger partial charge in [-0.15, -0.1) is 0 Å². The van der Waals surface area contributed by atoms with Crippen LogP contribution in [-0.4, -0.2) is 55.2 Å². The summed E-state index contributed by atoms with van der Waals surface area (Å²) in [6.07, 6.45) is 0. The van der Waals surface area contributed by atoms with E-state index < -0.39 is 10.0 Å². The highest BCUT2D eigenvalue weighted by Crippen LogP contribution is 2.20. The van der Waals surface area contributed by atoms with E-state index in [4.69, 9.17) is 0 Å². The zero-order chi connectivity index (χ0) is 12.2. The first-order valence-corrected chi connectivity index (χ1v) is 8.40. The van der Waals surface area contributed by atoms with E-state index in [0.717, 1.165) is 5.75 Å². The molecule has 0 spiro atoms. The van der Waals surface area contributed by atoms with Gasteiger partial charge in [0.1, 0.15) is 0 Å². The Labute approximate surface area is 103 Å². The topological polar surface area (TPSA) is 49.4 Å². The van der Waals surface area contributed by atoms with Crippen LogP contribution in [0.15, 0.2) is 0 Å². The first kappa shape index (κ1) is 14.3. The summed E-state index contributed by atoms with van der Waals surface area (Å²) in [6.45, 7) is 7.99. The Morgan fingerprint density at radius 3 is 2.75 bits per heavy atom. The third-order valence-corrected chi connectivity index (χ3v) is 5.48. The predicted molar refractivity (Wildman–Crippen MR) is 70.4 cm³/mol. The van der Waals surface area contributed by atoms with E-state index in [1.807, 2.05) is 25.6 Å². The number of nitrogens with one attached hydrogen (secondary N) is 1. The van der Waals surface area contributed by atoms with Gasteiger partial charge in [0.25, 0.3) is 0 Å². The summed E-state index contributed by atoms with van der Waals surface area (Å²) in [5.41, 5.74) is 0. The van der Waals surface area contributed by atoms with Gasteiger partial charge in [-0.25, -0.2) is 8.42 Å². The smallest absolute Gasteiger partial charge is 0.215 e. The summed E-state index contributed by atoms with van der Waals surface area (Å²) in [5, 5.41) is 3.56. The van der Waals surface area contributed by atoms with Crippen molar-refractivity contribution >= 4 is 21.8 Å². The average Bonchev–Trinajstić information content (AvgIpc) is 2.16. The summed E-state index contributed by atoms with van der Waals surface area (Å²) >= 11 is 1.84. The van der Waals surface area contributed by atoms with Crippen molar-refractivity contribution in [2.75, 3.05) is 31.1 Å². The third-order valence-electron chi connectivity index (χ3n) is 2.51. The molecule has 1 saturated heterocycles. The van der Waals surface area contributed by atoms with Crippen LogP contribution in [0.4, 0.5) is 0 Å². The minimum atomic E-state index is -3.05. The van der Waals surface area contributed by atoms with Gasteiger partial charge < -0.3 is 5.32 Å². The Balaban J connectivity index is 2.43. The lowest BCUT2D eigenvalue weighted by molar-refractivity contribution is 0.422. The Hall–Kier alpha value is 0.220. The molecule has 1 rings (SSSR count). The molecule has 1 unspecified atom stereocenters. The summed E-state index contributed by atoms with van der Waals surface area (Å²) in [4.78, 5) is 0. The summed E-state index contributed by atoms with van der Waals surface area (Å²) in [7, 11) is -3.05. The number of hydrogen-bond acceptors (Lipinski definition) is 4. The van der Waals surface area contributed by atoms with Crippen molar-refractivity contribution in [2.45, 2.75) is 32.1 Å². The molecular weight excluding hydrogens is 244 g/mol. The molecule has 16 heavy (non-hydrogen) atoms. The molecule has 1 N–H and O–H groups in total. The van der Waals surface area contributed by atoms with Crippen LogP contribution in [0.1, 0.15) is 20.8 Å². The van der Waals surface area contributed by atoms with Crippen molar-refractivity contribution in [3.8, 4) is 0 Å². The number of nitrogens with zero attached hydrogens (tertiary/aromatic N) is 1. The van der Waals surface area contributed by atoms with E-state index >= 15 is 0 Å². The molecule has 1 heterocycles. The maximum atomic E-state index is 12.0. The van der Waals surface area contributed by atoms with Crippen molar-refractivity contribution in [1.82, 2.24) is 9.62 Å². The van der Waals surface area contributed by atoms with Gasteiger partial charge in [0.05, 0.1) is 5.75 Å².